The summed E-state index contributed by atoms with van der Waals surface area (Å²) in [6, 6.07) is 14.0. The number of thiocarbonyl (C=S) groups is 1. The van der Waals surface area contributed by atoms with Gasteiger partial charge >= 0.3 is 0 Å². The molecule has 2 saturated heterocycles. The van der Waals surface area contributed by atoms with Gasteiger partial charge in [-0.3, -0.25) is 14.5 Å². The van der Waals surface area contributed by atoms with Crippen molar-refractivity contribution < 1.29 is 14.3 Å². The van der Waals surface area contributed by atoms with Crippen molar-refractivity contribution in [3.05, 3.63) is 88.6 Å². The number of rotatable bonds is 5. The number of benzene rings is 2. The second-order valence-electron chi connectivity index (χ2n) is 11.0. The van der Waals surface area contributed by atoms with Crippen molar-refractivity contribution in [2.24, 2.45) is 10.9 Å². The lowest BCUT2D eigenvalue weighted by atomic mass is 9.93. The zero-order valence-corrected chi connectivity index (χ0v) is 24.4. The maximum absolute atomic E-state index is 13.5. The monoisotopic (exact) mass is 569 g/mol. The SMILES string of the molecule is Cc1ccc(C)c(N2CCN(C(=O)c3ccc(CN4C(=O)C5C=C(N6CCOCC6)C=CC5=NC4=S)cc3)CC2)c1. The molecule has 1 unspecified atom stereocenters. The molecule has 0 aromatic heterocycles. The largest absolute Gasteiger partial charge is 0.378 e. The molecule has 6 rings (SSSR count). The van der Waals surface area contributed by atoms with Crippen molar-refractivity contribution >= 4 is 40.5 Å². The van der Waals surface area contributed by atoms with Crippen LogP contribution in [0.1, 0.15) is 27.0 Å². The fourth-order valence-electron chi connectivity index (χ4n) is 5.83. The van der Waals surface area contributed by atoms with Gasteiger partial charge < -0.3 is 19.4 Å². The number of hydrogen-bond donors (Lipinski definition) is 0. The molecule has 4 aliphatic rings. The summed E-state index contributed by atoms with van der Waals surface area (Å²) < 4.78 is 5.47. The molecule has 2 fully saturated rings. The summed E-state index contributed by atoms with van der Waals surface area (Å²) in [5.74, 6) is -0.490. The van der Waals surface area contributed by atoms with Crippen LogP contribution >= 0.6 is 12.2 Å². The third-order valence-corrected chi connectivity index (χ3v) is 8.57. The Morgan fingerprint density at radius 2 is 1.68 bits per heavy atom. The van der Waals surface area contributed by atoms with Crippen molar-refractivity contribution in [2.75, 3.05) is 57.4 Å². The summed E-state index contributed by atoms with van der Waals surface area (Å²) in [6.45, 7) is 10.5. The van der Waals surface area contributed by atoms with E-state index in [1.54, 1.807) is 4.90 Å². The molecule has 2 aromatic rings. The Kier molecular flexibility index (Phi) is 7.73. The quantitative estimate of drug-likeness (QED) is 0.512. The number of fused-ring (bicyclic) bond motifs is 1. The van der Waals surface area contributed by atoms with Gasteiger partial charge in [-0.1, -0.05) is 24.3 Å². The van der Waals surface area contributed by atoms with E-state index in [9.17, 15) is 9.59 Å². The maximum Gasteiger partial charge on any atom is 0.253 e. The third-order valence-electron chi connectivity index (χ3n) is 8.26. The number of amides is 2. The van der Waals surface area contributed by atoms with Crippen LogP contribution in [0.2, 0.25) is 0 Å². The molecule has 9 heteroatoms. The molecule has 8 nitrogen and oxygen atoms in total. The van der Waals surface area contributed by atoms with Gasteiger partial charge in [0, 0.05) is 56.2 Å². The van der Waals surface area contributed by atoms with Crippen LogP contribution in [0.15, 0.2) is 71.4 Å². The van der Waals surface area contributed by atoms with Crippen molar-refractivity contribution in [1.82, 2.24) is 14.7 Å². The van der Waals surface area contributed by atoms with Crippen LogP contribution in [0.3, 0.4) is 0 Å². The molecule has 41 heavy (non-hydrogen) atoms. The highest BCUT2D eigenvalue weighted by Crippen LogP contribution is 2.27. The summed E-state index contributed by atoms with van der Waals surface area (Å²) in [5, 5.41) is 0.274. The van der Waals surface area contributed by atoms with Crippen LogP contribution in [-0.4, -0.2) is 89.8 Å². The van der Waals surface area contributed by atoms with Gasteiger partial charge in [-0.15, -0.1) is 0 Å². The van der Waals surface area contributed by atoms with Crippen LogP contribution in [-0.2, 0) is 16.1 Å². The average Bonchev–Trinajstić information content (AvgIpc) is 3.01. The van der Waals surface area contributed by atoms with E-state index >= 15 is 0 Å². The number of ether oxygens (including phenoxy) is 1. The molecular weight excluding hydrogens is 534 g/mol. The minimum absolute atomic E-state index is 0.0331. The summed E-state index contributed by atoms with van der Waals surface area (Å²) in [4.78, 5) is 39.5. The Bertz CT molecular complexity index is 1450. The smallest absolute Gasteiger partial charge is 0.253 e. The van der Waals surface area contributed by atoms with E-state index in [0.717, 1.165) is 37.4 Å². The zero-order chi connectivity index (χ0) is 28.5. The van der Waals surface area contributed by atoms with E-state index in [2.05, 4.69) is 46.8 Å². The van der Waals surface area contributed by atoms with Crippen molar-refractivity contribution in [1.29, 1.82) is 0 Å². The van der Waals surface area contributed by atoms with Crippen molar-refractivity contribution in [3.63, 3.8) is 0 Å². The lowest BCUT2D eigenvalue weighted by Gasteiger charge is -2.37. The van der Waals surface area contributed by atoms with Crippen molar-refractivity contribution in [2.45, 2.75) is 20.4 Å². The molecular formula is C32H35N5O3S. The molecule has 212 valence electrons. The van der Waals surface area contributed by atoms with Gasteiger partial charge in [0.2, 0.25) is 11.0 Å². The minimum Gasteiger partial charge on any atom is -0.378 e. The number of carbonyl (C=O) groups excluding carboxylic acids is 2. The molecule has 0 N–H and O–H groups in total. The first-order valence-corrected chi connectivity index (χ1v) is 14.6. The highest BCUT2D eigenvalue weighted by molar-refractivity contribution is 7.80. The van der Waals surface area contributed by atoms with E-state index in [4.69, 9.17) is 17.0 Å². The number of carbonyl (C=O) groups is 2. The Morgan fingerprint density at radius 3 is 2.41 bits per heavy atom. The van der Waals surface area contributed by atoms with Gasteiger partial charge in [-0.25, -0.2) is 4.99 Å². The number of hydrogen-bond acceptors (Lipinski definition) is 6. The predicted octanol–water partition coefficient (Wildman–Crippen LogP) is 3.74. The summed E-state index contributed by atoms with van der Waals surface area (Å²) in [6.07, 6.45) is 5.90. The molecule has 1 atom stereocenters. The summed E-state index contributed by atoms with van der Waals surface area (Å²) in [5.41, 5.74) is 7.01. The van der Waals surface area contributed by atoms with E-state index < -0.39 is 5.92 Å². The van der Waals surface area contributed by atoms with Gasteiger partial charge in [0.25, 0.3) is 5.91 Å². The Labute approximate surface area is 246 Å². The lowest BCUT2D eigenvalue weighted by Crippen LogP contribution is -2.49. The molecule has 3 aliphatic heterocycles. The Morgan fingerprint density at radius 1 is 0.951 bits per heavy atom. The zero-order valence-electron chi connectivity index (χ0n) is 23.6. The average molecular weight is 570 g/mol. The molecule has 0 spiro atoms. The summed E-state index contributed by atoms with van der Waals surface area (Å²) in [7, 11) is 0. The number of morpholine rings is 1. The fraction of sp³-hybridized carbons (Fsp3) is 0.375. The third kappa shape index (κ3) is 5.69. The van der Waals surface area contributed by atoms with Gasteiger partial charge in [-0.05, 0) is 79.2 Å². The highest BCUT2D eigenvalue weighted by Gasteiger charge is 2.35. The van der Waals surface area contributed by atoms with E-state index in [1.165, 1.54) is 16.8 Å². The number of anilines is 1. The van der Waals surface area contributed by atoms with E-state index in [1.807, 2.05) is 47.4 Å². The second-order valence-corrected chi connectivity index (χ2v) is 11.4. The molecule has 0 bridgehead atoms. The van der Waals surface area contributed by atoms with Gasteiger partial charge in [0.05, 0.1) is 25.5 Å². The van der Waals surface area contributed by atoms with E-state index in [0.29, 0.717) is 44.1 Å². The standard InChI is InChI=1S/C32H35N5O3S/c1-22-3-4-23(2)29(19-22)35-11-13-36(14-12-35)30(38)25-7-5-24(6-8-25)21-37-31(39)27-20-26(34-15-17-40-18-16-34)9-10-28(27)33-32(37)41/h3-10,19-20,27H,11-18,21H2,1-2H3. The number of nitrogens with zero attached hydrogens (tertiary/aromatic N) is 5. The van der Waals surface area contributed by atoms with Crippen molar-refractivity contribution in [3.8, 4) is 0 Å². The van der Waals surface area contributed by atoms with Crippen LogP contribution < -0.4 is 4.90 Å². The lowest BCUT2D eigenvalue weighted by molar-refractivity contribution is -0.129. The first-order chi connectivity index (χ1) is 19.9. The van der Waals surface area contributed by atoms with Crippen LogP contribution in [0.5, 0.6) is 0 Å². The minimum atomic E-state index is -0.451. The Balaban J connectivity index is 1.08. The highest BCUT2D eigenvalue weighted by atomic mass is 32.1. The molecule has 0 saturated carbocycles. The van der Waals surface area contributed by atoms with Crippen LogP contribution in [0.25, 0.3) is 0 Å². The number of piperazine rings is 1. The molecule has 1 aliphatic carbocycles. The summed E-state index contributed by atoms with van der Waals surface area (Å²) >= 11 is 5.51. The fourth-order valence-corrected chi connectivity index (χ4v) is 6.09. The van der Waals surface area contributed by atoms with Gasteiger partial charge in [-0.2, -0.15) is 0 Å². The topological polar surface area (TPSA) is 68.7 Å². The molecule has 2 aromatic carbocycles. The number of aryl methyl sites for hydroxylation is 2. The maximum atomic E-state index is 13.5. The van der Waals surface area contributed by atoms with Gasteiger partial charge in [0.15, 0.2) is 0 Å². The first-order valence-electron chi connectivity index (χ1n) is 14.2. The van der Waals surface area contributed by atoms with Crippen LogP contribution in [0.4, 0.5) is 5.69 Å². The van der Waals surface area contributed by atoms with Crippen LogP contribution in [0, 0.1) is 19.8 Å². The molecule has 2 amide bonds. The number of aliphatic imine (C=N–C) groups is 1. The number of allylic oxidation sites excluding steroid dienone is 2. The van der Waals surface area contributed by atoms with E-state index in [-0.39, 0.29) is 16.9 Å². The molecule has 3 heterocycles. The second kappa shape index (κ2) is 11.6. The first kappa shape index (κ1) is 27.4. The van der Waals surface area contributed by atoms with Gasteiger partial charge in [0.1, 0.15) is 5.92 Å². The normalized spacial score (nSPS) is 21.1. The molecule has 0 radical (unpaired) electrons. The predicted molar refractivity (Wildman–Crippen MR) is 164 cm³/mol. The Hall–Kier alpha value is -3.82.